The van der Waals surface area contributed by atoms with Crippen LogP contribution in [-0.4, -0.2) is 29.9 Å². The molecule has 4 heteroatoms. The molecule has 1 saturated carbocycles. The second kappa shape index (κ2) is 5.24. The highest BCUT2D eigenvalue weighted by Gasteiger charge is 2.39. The predicted molar refractivity (Wildman–Crippen MR) is 75.4 cm³/mol. The number of nitrogens with one attached hydrogen (secondary N) is 1. The van der Waals surface area contributed by atoms with Crippen molar-refractivity contribution in [1.29, 1.82) is 0 Å². The maximum atomic E-state index is 11.1. The van der Waals surface area contributed by atoms with Crippen LogP contribution in [-0.2, 0) is 4.79 Å². The van der Waals surface area contributed by atoms with Crippen molar-refractivity contribution in [3.05, 3.63) is 0 Å². The predicted octanol–water partition coefficient (Wildman–Crippen LogP) is 2.90. The largest absolute Gasteiger partial charge is 0.482 e. The zero-order valence-corrected chi connectivity index (χ0v) is 11.9. The molecule has 1 aliphatic carbocycles. The van der Waals surface area contributed by atoms with Crippen LogP contribution in [0.3, 0.4) is 0 Å². The number of carbonyl (C=O) groups is 1. The number of carboxylic acids is 1. The lowest BCUT2D eigenvalue weighted by Crippen LogP contribution is -2.40. The molecule has 0 radical (unpaired) electrons. The number of hydrogen-bond donors (Lipinski definition) is 2. The van der Waals surface area contributed by atoms with Crippen LogP contribution in [0.4, 0.5) is 0 Å². The van der Waals surface area contributed by atoms with Gasteiger partial charge in [0.05, 0.1) is 0 Å². The normalized spacial score (nSPS) is 32.7. The van der Waals surface area contributed by atoms with Gasteiger partial charge in [-0.25, -0.2) is 0 Å². The van der Waals surface area contributed by atoms with E-state index in [2.05, 4.69) is 26.0 Å². The van der Waals surface area contributed by atoms with Crippen LogP contribution in [0.25, 0.3) is 0 Å². The zero-order chi connectivity index (χ0) is 13.3. The molecule has 0 spiro atoms. The molecule has 1 aliphatic heterocycles. The summed E-state index contributed by atoms with van der Waals surface area (Å²) < 4.78 is 0. The third kappa shape index (κ3) is 3.28. The van der Waals surface area contributed by atoms with E-state index in [4.69, 9.17) is 5.11 Å². The minimum atomic E-state index is -0.614. The fourth-order valence-corrected chi connectivity index (χ4v) is 3.63. The van der Waals surface area contributed by atoms with Crippen LogP contribution in [0.1, 0.15) is 46.0 Å². The molecular weight excluding hydrogens is 225 g/mol. The highest BCUT2D eigenvalue weighted by Crippen LogP contribution is 2.37. The van der Waals surface area contributed by atoms with E-state index in [1.54, 1.807) is 0 Å². The molecule has 2 N–H and O–H groups in total. The van der Waals surface area contributed by atoms with Gasteiger partial charge in [0.25, 0.3) is 5.97 Å². The van der Waals surface area contributed by atoms with Crippen molar-refractivity contribution >= 4 is 12.7 Å². The highest BCUT2D eigenvalue weighted by molar-refractivity contribution is 6.64. The molecule has 18 heavy (non-hydrogen) atoms. The lowest BCUT2D eigenvalue weighted by Gasteiger charge is -2.36. The van der Waals surface area contributed by atoms with Gasteiger partial charge in [0.1, 0.15) is 0 Å². The molecule has 102 valence electrons. The van der Waals surface area contributed by atoms with Gasteiger partial charge in [-0.3, -0.25) is 4.79 Å². The van der Waals surface area contributed by atoms with Gasteiger partial charge >= 0.3 is 0 Å². The van der Waals surface area contributed by atoms with Crippen molar-refractivity contribution in [2.24, 2.45) is 5.41 Å². The van der Waals surface area contributed by atoms with Crippen LogP contribution < -0.4 is 5.32 Å². The van der Waals surface area contributed by atoms with E-state index in [9.17, 15) is 4.79 Å². The van der Waals surface area contributed by atoms with Crippen molar-refractivity contribution in [3.63, 3.8) is 0 Å². The number of rotatable bonds is 3. The maximum absolute atomic E-state index is 11.1. The Bertz CT molecular complexity index is 309. The summed E-state index contributed by atoms with van der Waals surface area (Å²) in [4.78, 5) is 11.1. The Morgan fingerprint density at radius 3 is 2.39 bits per heavy atom. The molecule has 1 heterocycles. The number of hydrogen-bond acceptors (Lipinski definition) is 2. The van der Waals surface area contributed by atoms with Gasteiger partial charge in [0, 0.05) is 17.9 Å². The number of carboxylic acid groups (broad SMARTS) is 1. The van der Waals surface area contributed by atoms with E-state index in [1.165, 1.54) is 25.7 Å². The van der Waals surface area contributed by atoms with Gasteiger partial charge in [0.15, 0.2) is 6.71 Å². The average molecular weight is 251 g/mol. The van der Waals surface area contributed by atoms with E-state index in [-0.39, 0.29) is 5.82 Å². The second-order valence-corrected chi connectivity index (χ2v) is 7.20. The van der Waals surface area contributed by atoms with Gasteiger partial charge in [0.2, 0.25) is 0 Å². The molecule has 2 atom stereocenters. The molecule has 0 aromatic heterocycles. The first-order valence-corrected chi connectivity index (χ1v) is 7.36. The monoisotopic (exact) mass is 251 g/mol. The van der Waals surface area contributed by atoms with Gasteiger partial charge < -0.3 is 10.4 Å². The third-order valence-corrected chi connectivity index (χ3v) is 5.01. The molecule has 2 rings (SSSR count). The van der Waals surface area contributed by atoms with Crippen LogP contribution in [0, 0.1) is 5.41 Å². The fourth-order valence-electron chi connectivity index (χ4n) is 3.63. The Kier molecular flexibility index (Phi) is 4.05. The third-order valence-electron chi connectivity index (χ3n) is 5.01. The van der Waals surface area contributed by atoms with Crippen molar-refractivity contribution in [3.8, 4) is 0 Å². The first-order valence-electron chi connectivity index (χ1n) is 7.36. The lowest BCUT2D eigenvalue weighted by molar-refractivity contribution is -0.137. The van der Waals surface area contributed by atoms with Crippen molar-refractivity contribution < 1.29 is 9.90 Å². The number of aliphatic carboxylic acids is 1. The van der Waals surface area contributed by atoms with Crippen LogP contribution in [0.5, 0.6) is 0 Å². The van der Waals surface area contributed by atoms with Crippen molar-refractivity contribution in [2.45, 2.75) is 77.0 Å². The average Bonchev–Trinajstić information content (AvgIpc) is 2.63. The van der Waals surface area contributed by atoms with E-state index >= 15 is 0 Å². The maximum Gasteiger partial charge on any atom is 0.299 e. The SMILES string of the molecule is CB1C[C@H](NC2CCC(C)(C)CC2)C[C@H]1C(=O)O. The summed E-state index contributed by atoms with van der Waals surface area (Å²) >= 11 is 0. The Morgan fingerprint density at radius 1 is 1.28 bits per heavy atom. The molecule has 2 fully saturated rings. The standard InChI is InChI=1S/C14H26BNO2/c1-14(2)6-4-10(5-7-14)16-11-8-12(13(17)18)15(3)9-11/h10-12,16H,4-9H2,1-3H3,(H,17,18)/t11-,12+/m1/s1. The molecule has 0 bridgehead atoms. The van der Waals surface area contributed by atoms with E-state index < -0.39 is 5.97 Å². The highest BCUT2D eigenvalue weighted by atomic mass is 16.4. The molecular formula is C14H26BNO2. The van der Waals surface area contributed by atoms with E-state index in [0.717, 1.165) is 12.7 Å². The Balaban J connectivity index is 1.80. The fraction of sp³-hybridized carbons (Fsp3) is 0.929. The summed E-state index contributed by atoms with van der Waals surface area (Å²) in [6, 6.07) is 1.04. The molecule has 0 unspecified atom stereocenters. The minimum absolute atomic E-state index is 0.137. The molecule has 0 amide bonds. The van der Waals surface area contributed by atoms with Crippen LogP contribution in [0.2, 0.25) is 19.0 Å². The quantitative estimate of drug-likeness (QED) is 0.758. The lowest BCUT2D eigenvalue weighted by atomic mass is 9.44. The zero-order valence-electron chi connectivity index (χ0n) is 11.9. The van der Waals surface area contributed by atoms with Gasteiger partial charge in [-0.2, -0.15) is 0 Å². The van der Waals surface area contributed by atoms with Crippen LogP contribution >= 0.6 is 0 Å². The minimum Gasteiger partial charge on any atom is -0.482 e. The first kappa shape index (κ1) is 13.9. The smallest absolute Gasteiger partial charge is 0.299 e. The summed E-state index contributed by atoms with van der Waals surface area (Å²) in [5, 5.41) is 12.9. The molecule has 0 aromatic rings. The second-order valence-electron chi connectivity index (χ2n) is 7.20. The van der Waals surface area contributed by atoms with E-state index in [0.29, 0.717) is 24.2 Å². The van der Waals surface area contributed by atoms with Crippen molar-refractivity contribution in [1.82, 2.24) is 5.32 Å². The summed E-state index contributed by atoms with van der Waals surface area (Å²) in [6.45, 7) is 7.09. The summed E-state index contributed by atoms with van der Waals surface area (Å²) in [7, 11) is 0. The summed E-state index contributed by atoms with van der Waals surface area (Å²) in [6.07, 6.45) is 6.91. The molecule has 0 aromatic carbocycles. The van der Waals surface area contributed by atoms with Gasteiger partial charge in [-0.1, -0.05) is 27.0 Å². The Hall–Kier alpha value is -0.505. The first-order chi connectivity index (χ1) is 8.37. The molecule has 2 aliphatic rings. The summed E-state index contributed by atoms with van der Waals surface area (Å²) in [5.74, 6) is -0.751. The topological polar surface area (TPSA) is 49.3 Å². The Labute approximate surface area is 111 Å². The van der Waals surface area contributed by atoms with Crippen molar-refractivity contribution in [2.75, 3.05) is 0 Å². The van der Waals surface area contributed by atoms with Crippen LogP contribution in [0.15, 0.2) is 0 Å². The molecule has 3 nitrogen and oxygen atoms in total. The van der Waals surface area contributed by atoms with E-state index in [1.807, 2.05) is 0 Å². The van der Waals surface area contributed by atoms with Gasteiger partial charge in [-0.15, -0.1) is 0 Å². The van der Waals surface area contributed by atoms with Gasteiger partial charge in [-0.05, 0) is 37.5 Å². The Morgan fingerprint density at radius 2 is 1.89 bits per heavy atom. The molecule has 1 saturated heterocycles. The summed E-state index contributed by atoms with van der Waals surface area (Å²) in [5.41, 5.74) is 0.505.